The van der Waals surface area contributed by atoms with Gasteiger partial charge in [0.1, 0.15) is 11.6 Å². The zero-order valence-electron chi connectivity index (χ0n) is 17.4. The number of nitrogens with one attached hydrogen (secondary N) is 1. The molecule has 1 fully saturated rings. The van der Waals surface area contributed by atoms with Crippen molar-refractivity contribution in [1.82, 2.24) is 10.2 Å². The highest BCUT2D eigenvalue weighted by Gasteiger charge is 2.24. The van der Waals surface area contributed by atoms with Crippen molar-refractivity contribution in [1.29, 1.82) is 0 Å². The number of halogens is 1. The van der Waals surface area contributed by atoms with Gasteiger partial charge in [-0.05, 0) is 35.7 Å². The number of piperazine rings is 1. The Morgan fingerprint density at radius 1 is 1.07 bits per heavy atom. The molecule has 0 spiro atoms. The Morgan fingerprint density at radius 3 is 2.34 bits per heavy atom. The lowest BCUT2D eigenvalue weighted by Gasteiger charge is -2.37. The number of nitrogens with zero attached hydrogens (tertiary/aromatic N) is 2. The van der Waals surface area contributed by atoms with Gasteiger partial charge in [0.2, 0.25) is 5.91 Å². The molecule has 0 aromatic heterocycles. The molecule has 2 aromatic rings. The minimum atomic E-state index is -0.250. The summed E-state index contributed by atoms with van der Waals surface area (Å²) in [6.07, 6.45) is 0. The first-order valence-electron chi connectivity index (χ1n) is 10.1. The van der Waals surface area contributed by atoms with E-state index in [2.05, 4.69) is 24.1 Å². The third-order valence-corrected chi connectivity index (χ3v) is 5.43. The van der Waals surface area contributed by atoms with E-state index >= 15 is 0 Å². The molecule has 1 aliphatic heterocycles. The summed E-state index contributed by atoms with van der Waals surface area (Å²) in [5, 5.41) is 3.37. The Morgan fingerprint density at radius 2 is 1.72 bits per heavy atom. The minimum Gasteiger partial charge on any atom is -0.495 e. The van der Waals surface area contributed by atoms with Gasteiger partial charge >= 0.3 is 0 Å². The van der Waals surface area contributed by atoms with Gasteiger partial charge in [-0.2, -0.15) is 0 Å². The van der Waals surface area contributed by atoms with Crippen LogP contribution in [0.15, 0.2) is 48.5 Å². The van der Waals surface area contributed by atoms with Crippen LogP contribution in [0.2, 0.25) is 0 Å². The summed E-state index contributed by atoms with van der Waals surface area (Å²) in [5.74, 6) is 0.987. The minimum absolute atomic E-state index is 0.00872. The molecular weight excluding hydrogens is 369 g/mol. The van der Waals surface area contributed by atoms with Crippen molar-refractivity contribution < 1.29 is 13.9 Å². The molecule has 1 aliphatic rings. The maximum atomic E-state index is 13.2. The normalized spacial score (nSPS) is 15.5. The SMILES string of the molecule is COc1ccccc1N1CCN(C(=O)CN[C@@H](c2ccc(F)cc2)C(C)C)CC1. The smallest absolute Gasteiger partial charge is 0.236 e. The Labute approximate surface area is 172 Å². The summed E-state index contributed by atoms with van der Waals surface area (Å²) in [4.78, 5) is 16.9. The van der Waals surface area contributed by atoms with Crippen LogP contribution in [0.3, 0.4) is 0 Å². The van der Waals surface area contributed by atoms with Crippen LogP contribution in [0.25, 0.3) is 0 Å². The second-order valence-corrected chi connectivity index (χ2v) is 7.69. The van der Waals surface area contributed by atoms with E-state index in [4.69, 9.17) is 4.74 Å². The number of methoxy groups -OCH3 is 1. The predicted molar refractivity (Wildman–Crippen MR) is 114 cm³/mol. The number of para-hydroxylation sites is 2. The molecule has 1 saturated heterocycles. The van der Waals surface area contributed by atoms with Gasteiger partial charge in [0.05, 0.1) is 19.3 Å². The van der Waals surface area contributed by atoms with E-state index < -0.39 is 0 Å². The maximum absolute atomic E-state index is 13.2. The van der Waals surface area contributed by atoms with E-state index in [1.165, 1.54) is 12.1 Å². The van der Waals surface area contributed by atoms with Crippen LogP contribution < -0.4 is 15.0 Å². The number of carbonyl (C=O) groups is 1. The number of carbonyl (C=O) groups excluding carboxylic acids is 1. The van der Waals surface area contributed by atoms with Crippen LogP contribution in [-0.2, 0) is 4.79 Å². The highest BCUT2D eigenvalue weighted by atomic mass is 19.1. The number of amides is 1. The van der Waals surface area contributed by atoms with Crippen molar-refractivity contribution in [2.75, 3.05) is 44.7 Å². The summed E-state index contributed by atoms with van der Waals surface area (Å²) in [6.45, 7) is 7.38. The van der Waals surface area contributed by atoms with Crippen molar-refractivity contribution in [3.63, 3.8) is 0 Å². The second-order valence-electron chi connectivity index (χ2n) is 7.69. The van der Waals surface area contributed by atoms with Gasteiger partial charge in [-0.25, -0.2) is 4.39 Å². The summed E-state index contributed by atoms with van der Waals surface area (Å²) >= 11 is 0. The first-order valence-corrected chi connectivity index (χ1v) is 10.1. The molecular formula is C23H30FN3O2. The quantitative estimate of drug-likeness (QED) is 0.774. The molecule has 3 rings (SSSR count). The molecule has 29 heavy (non-hydrogen) atoms. The first kappa shape index (κ1) is 21.1. The fourth-order valence-corrected chi connectivity index (χ4v) is 3.81. The Bertz CT molecular complexity index is 802. The highest BCUT2D eigenvalue weighted by molar-refractivity contribution is 5.78. The Kier molecular flexibility index (Phi) is 7.09. The predicted octanol–water partition coefficient (Wildman–Crippen LogP) is 3.47. The van der Waals surface area contributed by atoms with E-state index in [0.717, 1.165) is 30.1 Å². The van der Waals surface area contributed by atoms with Gasteiger partial charge in [-0.15, -0.1) is 0 Å². The molecule has 6 heteroatoms. The maximum Gasteiger partial charge on any atom is 0.236 e. The number of hydrogen-bond donors (Lipinski definition) is 1. The summed E-state index contributed by atoms with van der Waals surface area (Å²) in [5.41, 5.74) is 2.06. The monoisotopic (exact) mass is 399 g/mol. The number of benzene rings is 2. The van der Waals surface area contributed by atoms with Crippen molar-refractivity contribution in [2.45, 2.75) is 19.9 Å². The largest absolute Gasteiger partial charge is 0.495 e. The van der Waals surface area contributed by atoms with E-state index in [9.17, 15) is 9.18 Å². The first-order chi connectivity index (χ1) is 14.0. The molecule has 0 saturated carbocycles. The number of anilines is 1. The van der Waals surface area contributed by atoms with E-state index in [1.54, 1.807) is 19.2 Å². The number of rotatable bonds is 7. The Balaban J connectivity index is 1.54. The summed E-state index contributed by atoms with van der Waals surface area (Å²) < 4.78 is 18.7. The van der Waals surface area contributed by atoms with Gasteiger partial charge in [0, 0.05) is 32.2 Å². The molecule has 0 unspecified atom stereocenters. The lowest BCUT2D eigenvalue weighted by atomic mass is 9.96. The van der Waals surface area contributed by atoms with Crippen molar-refractivity contribution in [3.8, 4) is 5.75 Å². The van der Waals surface area contributed by atoms with Gasteiger partial charge in [-0.3, -0.25) is 4.79 Å². The van der Waals surface area contributed by atoms with Gasteiger partial charge in [0.15, 0.2) is 0 Å². The van der Waals surface area contributed by atoms with E-state index in [-0.39, 0.29) is 30.2 Å². The van der Waals surface area contributed by atoms with Crippen LogP contribution in [-0.4, -0.2) is 50.6 Å². The van der Waals surface area contributed by atoms with Gasteiger partial charge < -0.3 is 19.9 Å². The lowest BCUT2D eigenvalue weighted by Crippen LogP contribution is -2.51. The lowest BCUT2D eigenvalue weighted by molar-refractivity contribution is -0.130. The molecule has 1 N–H and O–H groups in total. The van der Waals surface area contributed by atoms with Crippen LogP contribution in [0.1, 0.15) is 25.5 Å². The van der Waals surface area contributed by atoms with Crippen LogP contribution in [0, 0.1) is 11.7 Å². The molecule has 1 heterocycles. The van der Waals surface area contributed by atoms with Crippen molar-refractivity contribution in [2.24, 2.45) is 5.92 Å². The average molecular weight is 400 g/mol. The third kappa shape index (κ3) is 5.26. The molecule has 156 valence electrons. The van der Waals surface area contributed by atoms with Crippen molar-refractivity contribution >= 4 is 11.6 Å². The average Bonchev–Trinajstić information content (AvgIpc) is 2.75. The highest BCUT2D eigenvalue weighted by Crippen LogP contribution is 2.28. The number of hydrogen-bond acceptors (Lipinski definition) is 4. The standard InChI is InChI=1S/C23H30FN3O2/c1-17(2)23(18-8-10-19(24)11-9-18)25-16-22(28)27-14-12-26(13-15-27)20-6-4-5-7-21(20)29-3/h4-11,17,23,25H,12-16H2,1-3H3/t23-/m1/s1. The number of ether oxygens (including phenoxy) is 1. The summed E-state index contributed by atoms with van der Waals surface area (Å²) in [7, 11) is 1.68. The molecule has 1 amide bonds. The molecule has 5 nitrogen and oxygen atoms in total. The molecule has 1 atom stereocenters. The fraction of sp³-hybridized carbons (Fsp3) is 0.435. The van der Waals surface area contributed by atoms with Crippen LogP contribution in [0.4, 0.5) is 10.1 Å². The van der Waals surface area contributed by atoms with E-state index in [0.29, 0.717) is 13.1 Å². The van der Waals surface area contributed by atoms with Crippen LogP contribution >= 0.6 is 0 Å². The van der Waals surface area contributed by atoms with E-state index in [1.807, 2.05) is 29.2 Å². The molecule has 0 bridgehead atoms. The summed E-state index contributed by atoms with van der Waals surface area (Å²) in [6, 6.07) is 14.5. The molecule has 0 aliphatic carbocycles. The fourth-order valence-electron chi connectivity index (χ4n) is 3.81. The molecule has 2 aromatic carbocycles. The van der Waals surface area contributed by atoms with Crippen LogP contribution in [0.5, 0.6) is 5.75 Å². The van der Waals surface area contributed by atoms with Gasteiger partial charge in [-0.1, -0.05) is 38.1 Å². The second kappa shape index (κ2) is 9.74. The topological polar surface area (TPSA) is 44.8 Å². The third-order valence-electron chi connectivity index (χ3n) is 5.43. The van der Waals surface area contributed by atoms with Gasteiger partial charge in [0.25, 0.3) is 0 Å². The Hall–Kier alpha value is -2.60. The zero-order valence-corrected chi connectivity index (χ0v) is 17.4. The zero-order chi connectivity index (χ0) is 20.8. The van der Waals surface area contributed by atoms with Crippen molar-refractivity contribution in [3.05, 3.63) is 59.9 Å². The molecule has 0 radical (unpaired) electrons.